The minimum Gasteiger partial charge on any atom is -0.491 e. The molecule has 2 aliphatic rings. The van der Waals surface area contributed by atoms with Crippen molar-refractivity contribution in [1.29, 1.82) is 0 Å². The molecule has 1 saturated carbocycles. The summed E-state index contributed by atoms with van der Waals surface area (Å²) in [6.45, 7) is 8.33. The first-order valence-electron chi connectivity index (χ1n) is 11.8. The van der Waals surface area contributed by atoms with E-state index in [2.05, 4.69) is 61.2 Å². The van der Waals surface area contributed by atoms with E-state index in [1.165, 1.54) is 11.1 Å². The zero-order valence-electron chi connectivity index (χ0n) is 19.8. The van der Waals surface area contributed by atoms with Crippen molar-refractivity contribution in [3.63, 3.8) is 0 Å². The van der Waals surface area contributed by atoms with Gasteiger partial charge in [0.25, 0.3) is 0 Å². The van der Waals surface area contributed by atoms with Crippen LogP contribution in [0.1, 0.15) is 57.6 Å². The largest absolute Gasteiger partial charge is 0.491 e. The number of para-hydroxylation sites is 2. The molecule has 0 N–H and O–H groups in total. The predicted octanol–water partition coefficient (Wildman–Crippen LogP) is 5.03. The molecule has 0 saturated heterocycles. The molecule has 1 aliphatic carbocycles. The van der Waals surface area contributed by atoms with Crippen molar-refractivity contribution in [3.05, 3.63) is 59.7 Å². The molecule has 5 nitrogen and oxygen atoms in total. The summed E-state index contributed by atoms with van der Waals surface area (Å²) < 4.78 is 12.9. The van der Waals surface area contributed by atoms with Gasteiger partial charge in [0.05, 0.1) is 6.10 Å². The number of benzene rings is 2. The lowest BCUT2D eigenvalue weighted by atomic mass is 9.81. The van der Waals surface area contributed by atoms with Crippen LogP contribution in [-0.4, -0.2) is 47.0 Å². The van der Waals surface area contributed by atoms with Gasteiger partial charge in [0.1, 0.15) is 17.1 Å². The van der Waals surface area contributed by atoms with Crippen molar-refractivity contribution in [3.8, 4) is 11.5 Å². The Hall–Kier alpha value is -2.53. The quantitative estimate of drug-likeness (QED) is 0.659. The van der Waals surface area contributed by atoms with Crippen LogP contribution in [0.4, 0.5) is 0 Å². The number of carbonyl (C=O) groups is 1. The van der Waals surface area contributed by atoms with Gasteiger partial charge in [0.2, 0.25) is 5.91 Å². The smallest absolute Gasteiger partial charge is 0.219 e. The van der Waals surface area contributed by atoms with Crippen molar-refractivity contribution in [2.75, 3.05) is 13.6 Å². The van der Waals surface area contributed by atoms with Crippen LogP contribution in [0.2, 0.25) is 0 Å². The molecule has 0 aromatic heterocycles. The molecule has 0 unspecified atom stereocenters. The number of hydrogen-bond donors (Lipinski definition) is 0. The molecular weight excluding hydrogens is 400 g/mol. The number of nitrogens with zero attached hydrogens (tertiary/aromatic N) is 2. The third-order valence-corrected chi connectivity index (χ3v) is 6.84. The summed E-state index contributed by atoms with van der Waals surface area (Å²) in [6.07, 6.45) is 3.98. The van der Waals surface area contributed by atoms with Crippen LogP contribution in [0.25, 0.3) is 0 Å². The fraction of sp³-hybridized carbons (Fsp3) is 0.519. The molecule has 1 fully saturated rings. The van der Waals surface area contributed by atoms with E-state index in [9.17, 15) is 4.79 Å². The molecule has 1 spiro atoms. The summed E-state index contributed by atoms with van der Waals surface area (Å²) in [5, 5.41) is 0. The molecule has 0 bridgehead atoms. The minimum absolute atomic E-state index is 0.140. The van der Waals surface area contributed by atoms with Crippen LogP contribution in [-0.2, 0) is 17.9 Å². The summed E-state index contributed by atoms with van der Waals surface area (Å²) in [5.74, 6) is 2.10. The van der Waals surface area contributed by atoms with E-state index in [1.807, 2.05) is 18.0 Å². The topological polar surface area (TPSA) is 42.0 Å². The average Bonchev–Trinajstić information content (AvgIpc) is 2.90. The molecule has 0 radical (unpaired) electrons. The zero-order chi connectivity index (χ0) is 22.7. The third kappa shape index (κ3) is 5.09. The first kappa shape index (κ1) is 22.7. The Labute approximate surface area is 192 Å². The van der Waals surface area contributed by atoms with E-state index in [4.69, 9.17) is 9.47 Å². The van der Waals surface area contributed by atoms with Gasteiger partial charge in [-0.15, -0.1) is 0 Å². The summed E-state index contributed by atoms with van der Waals surface area (Å²) in [4.78, 5) is 16.3. The molecule has 5 heteroatoms. The van der Waals surface area contributed by atoms with Crippen LogP contribution in [0.3, 0.4) is 0 Å². The van der Waals surface area contributed by atoms with Gasteiger partial charge in [0.15, 0.2) is 0 Å². The van der Waals surface area contributed by atoms with Gasteiger partial charge in [-0.25, -0.2) is 0 Å². The van der Waals surface area contributed by atoms with Crippen molar-refractivity contribution in [2.24, 2.45) is 0 Å². The van der Waals surface area contributed by atoms with Crippen LogP contribution in [0.15, 0.2) is 48.5 Å². The van der Waals surface area contributed by atoms with Crippen molar-refractivity contribution < 1.29 is 14.3 Å². The first-order valence-corrected chi connectivity index (χ1v) is 11.8. The zero-order valence-corrected chi connectivity index (χ0v) is 19.8. The molecular formula is C27H36N2O3. The predicted molar refractivity (Wildman–Crippen MR) is 127 cm³/mol. The number of fused-ring (bicyclic) bond motifs is 1. The Kier molecular flexibility index (Phi) is 6.75. The highest BCUT2D eigenvalue weighted by molar-refractivity contribution is 5.73. The average molecular weight is 437 g/mol. The summed E-state index contributed by atoms with van der Waals surface area (Å²) in [6, 6.07) is 17.1. The summed E-state index contributed by atoms with van der Waals surface area (Å²) >= 11 is 0. The number of ether oxygens (including phenoxy) is 2. The highest BCUT2D eigenvalue weighted by atomic mass is 16.5. The monoisotopic (exact) mass is 436 g/mol. The lowest BCUT2D eigenvalue weighted by molar-refractivity contribution is -0.131. The Morgan fingerprint density at radius 1 is 1.16 bits per heavy atom. The molecule has 1 amide bonds. The number of hydrogen-bond acceptors (Lipinski definition) is 4. The lowest BCUT2D eigenvalue weighted by Gasteiger charge is -2.43. The number of amides is 1. The van der Waals surface area contributed by atoms with Crippen LogP contribution >= 0.6 is 0 Å². The van der Waals surface area contributed by atoms with E-state index in [0.29, 0.717) is 6.04 Å². The molecule has 2 aromatic carbocycles. The number of rotatable bonds is 5. The maximum absolute atomic E-state index is 11.9. The minimum atomic E-state index is -0.228. The Morgan fingerprint density at radius 2 is 1.84 bits per heavy atom. The van der Waals surface area contributed by atoms with E-state index < -0.39 is 0 Å². The lowest BCUT2D eigenvalue weighted by Crippen LogP contribution is -2.51. The van der Waals surface area contributed by atoms with E-state index in [1.54, 1.807) is 6.92 Å². The third-order valence-electron chi connectivity index (χ3n) is 6.84. The highest BCUT2D eigenvalue weighted by Crippen LogP contribution is 2.40. The fourth-order valence-corrected chi connectivity index (χ4v) is 5.09. The second-order valence-electron chi connectivity index (χ2n) is 9.67. The Morgan fingerprint density at radius 3 is 2.56 bits per heavy atom. The molecule has 2 aromatic rings. The van der Waals surface area contributed by atoms with Crippen molar-refractivity contribution in [1.82, 2.24) is 9.80 Å². The maximum atomic E-state index is 11.9. The van der Waals surface area contributed by atoms with Crippen LogP contribution in [0, 0.1) is 0 Å². The molecule has 0 atom stereocenters. The van der Waals surface area contributed by atoms with Gasteiger partial charge in [-0.05, 0) is 51.7 Å². The van der Waals surface area contributed by atoms with E-state index in [0.717, 1.165) is 56.8 Å². The van der Waals surface area contributed by atoms with Gasteiger partial charge in [-0.2, -0.15) is 0 Å². The van der Waals surface area contributed by atoms with E-state index in [-0.39, 0.29) is 17.6 Å². The molecule has 4 rings (SSSR count). The van der Waals surface area contributed by atoms with Crippen LogP contribution in [0.5, 0.6) is 11.5 Å². The van der Waals surface area contributed by atoms with Crippen molar-refractivity contribution in [2.45, 2.75) is 77.3 Å². The van der Waals surface area contributed by atoms with E-state index >= 15 is 0 Å². The molecule has 32 heavy (non-hydrogen) atoms. The van der Waals surface area contributed by atoms with Gasteiger partial charge >= 0.3 is 0 Å². The Bertz CT molecular complexity index is 934. The highest BCUT2D eigenvalue weighted by Gasteiger charge is 2.42. The van der Waals surface area contributed by atoms with Gasteiger partial charge in [0, 0.05) is 50.8 Å². The maximum Gasteiger partial charge on any atom is 0.219 e. The van der Waals surface area contributed by atoms with Crippen molar-refractivity contribution >= 4 is 5.91 Å². The SMILES string of the molecule is CC(=O)N(C)C1CCC2(CC1)CN(Cc1ccccc1OC(C)C)Cc1ccccc1O2. The van der Waals surface area contributed by atoms with Gasteiger partial charge < -0.3 is 14.4 Å². The second-order valence-corrected chi connectivity index (χ2v) is 9.67. The van der Waals surface area contributed by atoms with Gasteiger partial charge in [-0.3, -0.25) is 9.69 Å². The summed E-state index contributed by atoms with van der Waals surface area (Å²) in [5.41, 5.74) is 2.21. The molecule has 1 aliphatic heterocycles. The molecule has 1 heterocycles. The first-order chi connectivity index (χ1) is 15.3. The standard InChI is InChI=1S/C27H36N2O3/c1-20(2)31-25-11-7-5-9-22(25)17-29-18-23-10-6-8-12-26(23)32-27(19-29)15-13-24(14-16-27)28(4)21(3)30/h5-12,20,24H,13-19H2,1-4H3. The second kappa shape index (κ2) is 9.53. The molecule has 172 valence electrons. The number of carbonyl (C=O) groups excluding carboxylic acids is 1. The van der Waals surface area contributed by atoms with Gasteiger partial charge in [-0.1, -0.05) is 36.4 Å². The Balaban J connectivity index is 1.58. The van der Waals surface area contributed by atoms with Crippen LogP contribution < -0.4 is 9.47 Å². The fourth-order valence-electron chi connectivity index (χ4n) is 5.09. The summed E-state index contributed by atoms with van der Waals surface area (Å²) in [7, 11) is 1.92. The normalized spacial score (nSPS) is 23.3.